The average molecular weight is 512 g/mol. The molecule has 2 aliphatic carbocycles. The second-order valence-electron chi connectivity index (χ2n) is 9.92. The molecule has 184 valence electrons. The molecule has 2 aliphatic rings. The van der Waals surface area contributed by atoms with Gasteiger partial charge in [-0.15, -0.1) is 0 Å². The van der Waals surface area contributed by atoms with Crippen molar-refractivity contribution >= 4 is 40.2 Å². The third-order valence-corrected chi connectivity index (χ3v) is 8.53. The van der Waals surface area contributed by atoms with Crippen LogP contribution in [-0.2, 0) is 5.41 Å². The summed E-state index contributed by atoms with van der Waals surface area (Å²) in [5, 5.41) is 17.1. The molecule has 2 unspecified atom stereocenters. The second kappa shape index (κ2) is 10.4. The third kappa shape index (κ3) is 5.01. The minimum absolute atomic E-state index is 0.249. The van der Waals surface area contributed by atoms with E-state index in [1.807, 2.05) is 31.3 Å². The largest absolute Gasteiger partial charge is 0.339 e. The molecule has 2 fully saturated rings. The Balaban J connectivity index is 1.33. The molecule has 0 saturated heterocycles. The number of anilines is 1. The Kier molecular flexibility index (Phi) is 7.22. The number of halogens is 2. The zero-order chi connectivity index (χ0) is 24.4. The number of fused-ring (bicyclic) bond motifs is 2. The van der Waals surface area contributed by atoms with Crippen molar-refractivity contribution in [2.24, 2.45) is 5.92 Å². The molecule has 0 aliphatic heterocycles. The van der Waals surface area contributed by atoms with Crippen molar-refractivity contribution in [2.45, 2.75) is 43.6 Å². The van der Waals surface area contributed by atoms with Crippen LogP contribution in [0.25, 0.3) is 11.0 Å². The fourth-order valence-corrected chi connectivity index (χ4v) is 6.17. The Morgan fingerprint density at radius 3 is 2.86 bits per heavy atom. The SMILES string of the molecule is CNCCNCCCN(c1nc2cc(Cl)c(Cl)cc2[nH]1)[C@@H]1CCC2(c3cccc(C#N)c3)CC2C1. The highest BCUT2D eigenvalue weighted by atomic mass is 35.5. The Morgan fingerprint density at radius 1 is 1.20 bits per heavy atom. The van der Waals surface area contributed by atoms with E-state index in [4.69, 9.17) is 28.2 Å². The number of hydrogen-bond donors (Lipinski definition) is 3. The highest BCUT2D eigenvalue weighted by molar-refractivity contribution is 6.42. The number of rotatable bonds is 10. The van der Waals surface area contributed by atoms with Gasteiger partial charge in [-0.3, -0.25) is 0 Å². The van der Waals surface area contributed by atoms with E-state index in [0.29, 0.717) is 22.0 Å². The Bertz CT molecular complexity index is 1200. The molecule has 0 bridgehead atoms. The molecule has 3 atom stereocenters. The fourth-order valence-electron chi connectivity index (χ4n) is 5.85. The maximum absolute atomic E-state index is 9.35. The average Bonchev–Trinajstić information content (AvgIpc) is 3.49. The first kappa shape index (κ1) is 24.4. The van der Waals surface area contributed by atoms with E-state index >= 15 is 0 Å². The van der Waals surface area contributed by atoms with E-state index in [1.54, 1.807) is 0 Å². The molecule has 2 saturated carbocycles. The normalized spacial score (nSPS) is 23.1. The van der Waals surface area contributed by atoms with E-state index in [9.17, 15) is 5.26 Å². The number of hydrogen-bond acceptors (Lipinski definition) is 5. The molecule has 0 spiro atoms. The minimum atomic E-state index is 0.249. The lowest BCUT2D eigenvalue weighted by molar-refractivity contribution is 0.361. The Morgan fingerprint density at radius 2 is 2.06 bits per heavy atom. The molecule has 1 heterocycles. The first-order valence-electron chi connectivity index (χ1n) is 12.5. The molecule has 6 nitrogen and oxygen atoms in total. The monoisotopic (exact) mass is 510 g/mol. The summed E-state index contributed by atoms with van der Waals surface area (Å²) in [7, 11) is 1.97. The minimum Gasteiger partial charge on any atom is -0.339 e. The molecule has 3 aromatic rings. The number of likely N-dealkylation sites (N-methyl/N-ethyl adjacent to an activating group) is 1. The van der Waals surface area contributed by atoms with E-state index in [1.165, 1.54) is 12.0 Å². The van der Waals surface area contributed by atoms with Gasteiger partial charge in [-0.1, -0.05) is 35.3 Å². The molecule has 5 rings (SSSR count). The van der Waals surface area contributed by atoms with Gasteiger partial charge in [0.15, 0.2) is 0 Å². The summed E-state index contributed by atoms with van der Waals surface area (Å²) in [6.07, 6.45) is 5.65. The van der Waals surface area contributed by atoms with Crippen LogP contribution >= 0.6 is 23.2 Å². The predicted octanol–water partition coefficient (Wildman–Crippen LogP) is 5.26. The van der Waals surface area contributed by atoms with Gasteiger partial charge in [-0.05, 0) is 86.9 Å². The highest BCUT2D eigenvalue weighted by Crippen LogP contribution is 2.63. The summed E-state index contributed by atoms with van der Waals surface area (Å²) in [6, 6.07) is 14.7. The molecular formula is C27H32Cl2N6. The van der Waals surface area contributed by atoms with Crippen LogP contribution in [-0.4, -0.2) is 49.2 Å². The van der Waals surface area contributed by atoms with E-state index < -0.39 is 0 Å². The number of imidazole rings is 1. The van der Waals surface area contributed by atoms with Crippen LogP contribution in [0.3, 0.4) is 0 Å². The van der Waals surface area contributed by atoms with Gasteiger partial charge in [0.05, 0.1) is 32.7 Å². The summed E-state index contributed by atoms with van der Waals surface area (Å²) < 4.78 is 0. The van der Waals surface area contributed by atoms with Crippen molar-refractivity contribution in [1.82, 2.24) is 20.6 Å². The summed E-state index contributed by atoms with van der Waals surface area (Å²) >= 11 is 12.5. The van der Waals surface area contributed by atoms with Crippen molar-refractivity contribution in [3.63, 3.8) is 0 Å². The van der Waals surface area contributed by atoms with Gasteiger partial charge in [0.2, 0.25) is 5.95 Å². The van der Waals surface area contributed by atoms with Gasteiger partial charge >= 0.3 is 0 Å². The van der Waals surface area contributed by atoms with Gasteiger partial charge < -0.3 is 20.5 Å². The van der Waals surface area contributed by atoms with Crippen LogP contribution in [0, 0.1) is 17.2 Å². The van der Waals surface area contributed by atoms with Crippen LogP contribution in [0.5, 0.6) is 0 Å². The lowest BCUT2D eigenvalue weighted by atomic mass is 9.80. The van der Waals surface area contributed by atoms with Gasteiger partial charge in [0.1, 0.15) is 0 Å². The standard InChI is InChI=1S/C27H32Cl2N6/c1-31-9-10-32-8-3-11-35(26-33-24-14-22(28)23(29)15-25(24)34-26)21-6-7-27(16-20(27)13-21)19-5-2-4-18(12-19)17-30/h2,4-5,12,14-15,20-21,31-32H,3,6-11,13,16H2,1H3,(H,33,34)/t20?,21-,27?/m1/s1. The van der Waals surface area contributed by atoms with E-state index in [2.05, 4.69) is 38.7 Å². The van der Waals surface area contributed by atoms with Crippen LogP contribution in [0.2, 0.25) is 10.0 Å². The maximum atomic E-state index is 9.35. The van der Waals surface area contributed by atoms with Crippen molar-refractivity contribution < 1.29 is 0 Å². The summed E-state index contributed by atoms with van der Waals surface area (Å²) in [4.78, 5) is 10.9. The van der Waals surface area contributed by atoms with Gasteiger partial charge in [-0.2, -0.15) is 5.26 Å². The molecule has 1 aromatic heterocycles. The van der Waals surface area contributed by atoms with Gasteiger partial charge in [0, 0.05) is 25.7 Å². The number of H-pyrrole nitrogens is 1. The molecule has 8 heteroatoms. The van der Waals surface area contributed by atoms with Gasteiger partial charge in [0.25, 0.3) is 0 Å². The van der Waals surface area contributed by atoms with Gasteiger partial charge in [-0.25, -0.2) is 4.98 Å². The van der Waals surface area contributed by atoms with Crippen molar-refractivity contribution in [2.75, 3.05) is 38.1 Å². The van der Waals surface area contributed by atoms with E-state index in [0.717, 1.165) is 74.4 Å². The number of aromatic amines is 1. The van der Waals surface area contributed by atoms with Crippen LogP contribution in [0.4, 0.5) is 5.95 Å². The Hall–Kier alpha value is -2.30. The predicted molar refractivity (Wildman–Crippen MR) is 143 cm³/mol. The molecule has 2 aromatic carbocycles. The Labute approximate surface area is 217 Å². The first-order chi connectivity index (χ1) is 17.0. The zero-order valence-corrected chi connectivity index (χ0v) is 21.6. The fraction of sp³-hybridized carbons (Fsp3) is 0.481. The quantitative estimate of drug-likeness (QED) is 0.324. The number of aromatic nitrogens is 2. The summed E-state index contributed by atoms with van der Waals surface area (Å²) in [5.74, 6) is 1.55. The maximum Gasteiger partial charge on any atom is 0.204 e. The number of nitrogens with zero attached hydrogens (tertiary/aromatic N) is 3. The molecule has 35 heavy (non-hydrogen) atoms. The van der Waals surface area contributed by atoms with Crippen molar-refractivity contribution in [3.05, 3.63) is 57.6 Å². The summed E-state index contributed by atoms with van der Waals surface area (Å²) in [6.45, 7) is 3.83. The first-order valence-corrected chi connectivity index (χ1v) is 13.3. The third-order valence-electron chi connectivity index (χ3n) is 7.81. The van der Waals surface area contributed by atoms with E-state index in [-0.39, 0.29) is 5.41 Å². The smallest absolute Gasteiger partial charge is 0.204 e. The van der Waals surface area contributed by atoms with Crippen LogP contribution in [0.15, 0.2) is 36.4 Å². The van der Waals surface area contributed by atoms with Crippen molar-refractivity contribution in [3.8, 4) is 6.07 Å². The van der Waals surface area contributed by atoms with Crippen LogP contribution in [0.1, 0.15) is 43.2 Å². The number of nitrogens with one attached hydrogen (secondary N) is 3. The van der Waals surface area contributed by atoms with Crippen molar-refractivity contribution in [1.29, 1.82) is 5.26 Å². The lowest BCUT2D eigenvalue weighted by Gasteiger charge is -2.37. The number of benzene rings is 2. The molecular weight excluding hydrogens is 479 g/mol. The topological polar surface area (TPSA) is 79.8 Å². The lowest BCUT2D eigenvalue weighted by Crippen LogP contribution is -2.41. The summed E-state index contributed by atoms with van der Waals surface area (Å²) in [5.41, 5.74) is 4.11. The molecule has 3 N–H and O–H groups in total. The molecule has 0 radical (unpaired) electrons. The highest BCUT2D eigenvalue weighted by Gasteiger charge is 2.58. The zero-order valence-electron chi connectivity index (χ0n) is 20.1. The molecule has 0 amide bonds. The second-order valence-corrected chi connectivity index (χ2v) is 10.7. The number of nitriles is 1. The van der Waals surface area contributed by atoms with Crippen LogP contribution < -0.4 is 15.5 Å².